The largest absolute Gasteiger partial charge is 0.480 e. The Kier molecular flexibility index (Phi) is 8.00. The van der Waals surface area contributed by atoms with Crippen molar-refractivity contribution in [3.63, 3.8) is 0 Å². The number of rotatable bonds is 10. The van der Waals surface area contributed by atoms with Crippen LogP contribution in [0.5, 0.6) is 0 Å². The Morgan fingerprint density at radius 1 is 1.03 bits per heavy atom. The van der Waals surface area contributed by atoms with Gasteiger partial charge in [0.05, 0.1) is 6.04 Å². The summed E-state index contributed by atoms with van der Waals surface area (Å²) >= 11 is 0. The zero-order valence-corrected chi connectivity index (χ0v) is 17.9. The van der Waals surface area contributed by atoms with Gasteiger partial charge in [-0.1, -0.05) is 45.9 Å². The average molecular weight is 417 g/mol. The zero-order valence-electron chi connectivity index (χ0n) is 17.9. The van der Waals surface area contributed by atoms with Gasteiger partial charge in [0.15, 0.2) is 0 Å². The summed E-state index contributed by atoms with van der Waals surface area (Å²) in [7, 11) is 0. The van der Waals surface area contributed by atoms with Crippen molar-refractivity contribution < 1.29 is 19.5 Å². The van der Waals surface area contributed by atoms with E-state index in [1.165, 1.54) is 0 Å². The van der Waals surface area contributed by atoms with E-state index in [1.54, 1.807) is 6.20 Å². The maximum Gasteiger partial charge on any atom is 0.326 e. The highest BCUT2D eigenvalue weighted by Crippen LogP contribution is 2.19. The molecule has 0 bridgehead atoms. The van der Waals surface area contributed by atoms with Gasteiger partial charge in [0.1, 0.15) is 12.1 Å². The number of para-hydroxylation sites is 1. The summed E-state index contributed by atoms with van der Waals surface area (Å²) in [6.07, 6.45) is 2.29. The van der Waals surface area contributed by atoms with Crippen molar-refractivity contribution in [2.75, 3.05) is 0 Å². The van der Waals surface area contributed by atoms with Crippen LogP contribution in [0.15, 0.2) is 30.5 Å². The molecule has 1 aromatic heterocycles. The number of nitrogens with one attached hydrogen (secondary N) is 3. The SMILES string of the molecule is CC(C)C[C@H](NC(=O)[C@H](Cc1c[nH]c2ccccc12)NC(=O)[C@@H](N)C(C)C)C(=O)O. The number of nitrogens with two attached hydrogens (primary N) is 1. The number of carboxylic acids is 1. The number of hydrogen-bond donors (Lipinski definition) is 5. The minimum Gasteiger partial charge on any atom is -0.480 e. The van der Waals surface area contributed by atoms with Gasteiger partial charge in [-0.3, -0.25) is 9.59 Å². The minimum atomic E-state index is -1.10. The Hall–Kier alpha value is -2.87. The van der Waals surface area contributed by atoms with Crippen LogP contribution in [-0.4, -0.2) is 46.0 Å². The van der Waals surface area contributed by atoms with Gasteiger partial charge in [-0.2, -0.15) is 0 Å². The number of amides is 2. The number of H-pyrrole nitrogens is 1. The molecule has 2 aromatic rings. The van der Waals surface area contributed by atoms with Gasteiger partial charge >= 0.3 is 5.97 Å². The lowest BCUT2D eigenvalue weighted by Gasteiger charge is -2.24. The number of fused-ring (bicyclic) bond motifs is 1. The van der Waals surface area contributed by atoms with Crippen LogP contribution >= 0.6 is 0 Å². The molecule has 0 saturated carbocycles. The number of benzene rings is 1. The van der Waals surface area contributed by atoms with E-state index in [9.17, 15) is 19.5 Å². The van der Waals surface area contributed by atoms with Crippen LogP contribution in [0, 0.1) is 11.8 Å². The van der Waals surface area contributed by atoms with Crippen molar-refractivity contribution >= 4 is 28.7 Å². The Morgan fingerprint density at radius 3 is 2.27 bits per heavy atom. The lowest BCUT2D eigenvalue weighted by Crippen LogP contribution is -2.56. The fourth-order valence-electron chi connectivity index (χ4n) is 3.27. The summed E-state index contributed by atoms with van der Waals surface area (Å²) in [4.78, 5) is 40.3. The molecule has 3 atom stereocenters. The lowest BCUT2D eigenvalue weighted by molar-refractivity contribution is -0.142. The van der Waals surface area contributed by atoms with Crippen molar-refractivity contribution in [1.82, 2.24) is 15.6 Å². The van der Waals surface area contributed by atoms with Gasteiger partial charge in [0, 0.05) is 23.5 Å². The molecule has 6 N–H and O–H groups in total. The molecule has 164 valence electrons. The van der Waals surface area contributed by atoms with Gasteiger partial charge < -0.3 is 26.5 Å². The third-order valence-electron chi connectivity index (χ3n) is 5.07. The number of carbonyl (C=O) groups is 3. The van der Waals surface area contributed by atoms with Crippen LogP contribution in [0.2, 0.25) is 0 Å². The van der Waals surface area contributed by atoms with Crippen molar-refractivity contribution in [3.05, 3.63) is 36.0 Å². The summed E-state index contributed by atoms with van der Waals surface area (Å²) in [5.74, 6) is -2.11. The van der Waals surface area contributed by atoms with E-state index in [0.29, 0.717) is 6.42 Å². The Bertz CT molecular complexity index is 890. The topological polar surface area (TPSA) is 137 Å². The van der Waals surface area contributed by atoms with E-state index < -0.39 is 35.9 Å². The normalized spacial score (nSPS) is 14.5. The highest BCUT2D eigenvalue weighted by Gasteiger charge is 2.29. The Balaban J connectivity index is 2.26. The lowest BCUT2D eigenvalue weighted by atomic mass is 10.00. The number of aromatic amines is 1. The molecule has 2 amide bonds. The van der Waals surface area contributed by atoms with Gasteiger partial charge in [-0.05, 0) is 29.9 Å². The number of carbonyl (C=O) groups excluding carboxylic acids is 2. The molecule has 1 aromatic carbocycles. The van der Waals surface area contributed by atoms with Crippen LogP contribution < -0.4 is 16.4 Å². The summed E-state index contributed by atoms with van der Waals surface area (Å²) in [6, 6.07) is 4.90. The fraction of sp³-hybridized carbons (Fsp3) is 0.500. The minimum absolute atomic E-state index is 0.0856. The second kappa shape index (κ2) is 10.2. The van der Waals surface area contributed by atoms with Crippen LogP contribution in [0.4, 0.5) is 0 Å². The number of aliphatic carboxylic acids is 1. The third kappa shape index (κ3) is 6.06. The first-order valence-electron chi connectivity index (χ1n) is 10.2. The van der Waals surface area contributed by atoms with E-state index in [2.05, 4.69) is 15.6 Å². The molecule has 2 rings (SSSR count). The van der Waals surface area contributed by atoms with E-state index >= 15 is 0 Å². The standard InChI is InChI=1S/C22H32N4O4/c1-12(2)9-18(22(29)30)26-20(27)17(25-21(28)19(23)13(3)4)10-14-11-24-16-8-6-5-7-15(14)16/h5-8,11-13,17-19,24H,9-10,23H2,1-4H3,(H,25,28)(H,26,27)(H,29,30)/t17-,18-,19-/m0/s1. The van der Waals surface area contributed by atoms with E-state index in [0.717, 1.165) is 16.5 Å². The number of aromatic nitrogens is 1. The van der Waals surface area contributed by atoms with Gasteiger partial charge in [-0.25, -0.2) is 4.79 Å². The second-order valence-electron chi connectivity index (χ2n) is 8.42. The van der Waals surface area contributed by atoms with E-state index in [-0.39, 0.29) is 18.3 Å². The predicted molar refractivity (Wildman–Crippen MR) is 116 cm³/mol. The van der Waals surface area contributed by atoms with Gasteiger partial charge in [0.25, 0.3) is 0 Å². The maximum absolute atomic E-state index is 13.0. The summed E-state index contributed by atoms with van der Waals surface area (Å²) in [6.45, 7) is 7.41. The summed E-state index contributed by atoms with van der Waals surface area (Å²) < 4.78 is 0. The quantitative estimate of drug-likeness (QED) is 0.402. The first-order chi connectivity index (χ1) is 14.1. The first-order valence-corrected chi connectivity index (χ1v) is 10.2. The number of carboxylic acid groups (broad SMARTS) is 1. The van der Waals surface area contributed by atoms with Crippen molar-refractivity contribution in [1.29, 1.82) is 0 Å². The van der Waals surface area contributed by atoms with E-state index in [4.69, 9.17) is 5.73 Å². The van der Waals surface area contributed by atoms with Crippen LogP contribution in [-0.2, 0) is 20.8 Å². The molecule has 0 aliphatic heterocycles. The first kappa shape index (κ1) is 23.4. The molecule has 8 nitrogen and oxygen atoms in total. The van der Waals surface area contributed by atoms with E-state index in [1.807, 2.05) is 52.0 Å². The average Bonchev–Trinajstić information content (AvgIpc) is 3.08. The fourth-order valence-corrected chi connectivity index (χ4v) is 3.27. The van der Waals surface area contributed by atoms with Crippen molar-refractivity contribution in [2.24, 2.45) is 17.6 Å². The van der Waals surface area contributed by atoms with Gasteiger partial charge in [-0.15, -0.1) is 0 Å². The molecule has 0 aliphatic carbocycles. The Labute approximate surface area is 176 Å². The molecule has 1 heterocycles. The Morgan fingerprint density at radius 2 is 1.67 bits per heavy atom. The van der Waals surface area contributed by atoms with Crippen LogP contribution in [0.1, 0.15) is 39.7 Å². The van der Waals surface area contributed by atoms with Gasteiger partial charge in [0.2, 0.25) is 11.8 Å². The number of hydrogen-bond acceptors (Lipinski definition) is 4. The summed E-state index contributed by atoms with van der Waals surface area (Å²) in [5, 5.41) is 15.7. The maximum atomic E-state index is 13.0. The molecule has 0 aliphatic rings. The molecular formula is C22H32N4O4. The molecule has 8 heteroatoms. The van der Waals surface area contributed by atoms with Crippen LogP contribution in [0.3, 0.4) is 0 Å². The highest BCUT2D eigenvalue weighted by molar-refractivity contribution is 5.93. The molecule has 0 fully saturated rings. The second-order valence-corrected chi connectivity index (χ2v) is 8.42. The summed E-state index contributed by atoms with van der Waals surface area (Å²) in [5.41, 5.74) is 7.71. The highest BCUT2D eigenvalue weighted by atomic mass is 16.4. The predicted octanol–water partition coefficient (Wildman–Crippen LogP) is 1.79. The molecule has 0 radical (unpaired) electrons. The van der Waals surface area contributed by atoms with Crippen molar-refractivity contribution in [3.8, 4) is 0 Å². The van der Waals surface area contributed by atoms with Crippen LogP contribution in [0.25, 0.3) is 10.9 Å². The molecule has 0 unspecified atom stereocenters. The van der Waals surface area contributed by atoms with Crippen molar-refractivity contribution in [2.45, 2.75) is 58.7 Å². The monoisotopic (exact) mass is 416 g/mol. The third-order valence-corrected chi connectivity index (χ3v) is 5.07. The molecular weight excluding hydrogens is 384 g/mol. The molecule has 0 spiro atoms. The smallest absolute Gasteiger partial charge is 0.326 e. The zero-order chi connectivity index (χ0) is 22.4. The molecule has 30 heavy (non-hydrogen) atoms. The molecule has 0 saturated heterocycles.